The number of halogens is 9. The molecule has 9 heterocycles. The zero-order valence-corrected chi connectivity index (χ0v) is 82.9. The van der Waals surface area contributed by atoms with Crippen LogP contribution in [0.25, 0.3) is 33.1 Å². The van der Waals surface area contributed by atoms with Gasteiger partial charge in [0, 0.05) is 61.6 Å². The van der Waals surface area contributed by atoms with Crippen molar-refractivity contribution in [3.05, 3.63) is 88.4 Å². The molecule has 3 aliphatic carbocycles. The van der Waals surface area contributed by atoms with Gasteiger partial charge in [-0.25, -0.2) is 58.4 Å². The Hall–Kier alpha value is -8.37. The molecule has 15 rings (SSSR count). The number of benzene rings is 3. The first-order chi connectivity index (χ1) is 62.0. The van der Waals surface area contributed by atoms with E-state index < -0.39 is 165 Å². The molecule has 38 heteroatoms. The van der Waals surface area contributed by atoms with Crippen LogP contribution in [0, 0.1) is 57.7 Å². The number of nitrogens with one attached hydrogen (secondary N) is 2. The van der Waals surface area contributed by atoms with E-state index >= 15 is 0 Å². The van der Waals surface area contributed by atoms with Crippen LogP contribution in [-0.4, -0.2) is 185 Å². The summed E-state index contributed by atoms with van der Waals surface area (Å²) in [6.07, 6.45) is 6.22. The van der Waals surface area contributed by atoms with Gasteiger partial charge in [-0.3, -0.25) is 19.2 Å². The molecule has 6 aliphatic heterocycles. The Kier molecular flexibility index (Phi) is 35.1. The smallest absolute Gasteiger partial charge is 0.416 e. The van der Waals surface area contributed by atoms with Crippen molar-refractivity contribution in [2.75, 3.05) is 19.6 Å². The fourth-order valence-electron chi connectivity index (χ4n) is 20.0. The number of alkyl carbamates (subject to hydrolysis) is 2. The molecule has 18 atom stereocenters. The summed E-state index contributed by atoms with van der Waals surface area (Å²) in [4.78, 5) is 150. The molecule has 5 amide bonds. The largest absolute Gasteiger partial charge is 0.540 e. The van der Waals surface area contributed by atoms with Crippen LogP contribution < -0.4 is 24.8 Å². The van der Waals surface area contributed by atoms with Gasteiger partial charge in [0.25, 0.3) is 0 Å². The number of aryl methyl sites for hydroxylation is 3. The molecule has 6 aromatic rings. The van der Waals surface area contributed by atoms with Crippen LogP contribution in [0.15, 0.2) is 54.6 Å². The maximum atomic E-state index is 14.0. The van der Waals surface area contributed by atoms with E-state index in [9.17, 15) is 82.7 Å². The minimum Gasteiger partial charge on any atom is -0.540 e. The van der Waals surface area contributed by atoms with Crippen molar-refractivity contribution in [1.29, 1.82) is 0 Å². The predicted octanol–water partition coefficient (Wildman–Crippen LogP) is 17.8. The number of alkyl halides is 9. The second-order valence-corrected chi connectivity index (χ2v) is 41.2. The molecule has 735 valence electrons. The summed E-state index contributed by atoms with van der Waals surface area (Å²) in [7, 11) is 0. The van der Waals surface area contributed by atoms with Crippen molar-refractivity contribution in [3.8, 4) is 17.6 Å². The number of fused-ring (bicyclic) bond motifs is 15. The molecule has 2 N–H and O–H groups in total. The Morgan fingerprint density at radius 2 is 0.756 bits per heavy atom. The number of amides is 5. The number of ether oxygens (including phenoxy) is 6. The fourth-order valence-corrected chi connectivity index (χ4v) is 20.0. The molecular formula is C97H121F9N11O15V3-3. The van der Waals surface area contributed by atoms with Gasteiger partial charge in [0.2, 0.25) is 35.4 Å². The SMILES string of the molecule is C[C@@H]1[C@@H]2CN(C(=O)[C@H](C(C)(C)C)CC(=O)O[C@]3(C)C[C@H]3CCCCCc3nc4ccc(C(F)(F)F)cc4nc3O2)[C@@H]1[C-]=O.C[C@@H]1[C@@H]2CN(C(=O)[C@H](C(C)(C)C)NC(=O)O[C@@H]3CCC[C@H]3CCCCCc3nc4ccc(C(F)(F)F)cc4nc3O2)[C@@H]1[C-]=O.C[C@@H]1[C@@H]2CN(C(=O)[C@H](C(C)(C)C)NC(=O)O[C@]3(C)CCC[C@H]3CCCCCc3nc4ccc(C(F)(F)F)cc4nc3O2)[C@@H]1[C-]=O.[V].[V].[V]. The Morgan fingerprint density at radius 3 is 1.13 bits per heavy atom. The zero-order valence-electron chi connectivity index (χ0n) is 78.7. The summed E-state index contributed by atoms with van der Waals surface area (Å²) in [5, 5.41) is 5.59. The number of esters is 1. The van der Waals surface area contributed by atoms with Gasteiger partial charge in [0.1, 0.15) is 64.8 Å². The van der Waals surface area contributed by atoms with Crippen molar-refractivity contribution >= 4 is 87.8 Å². The zero-order chi connectivity index (χ0) is 95.9. The third-order valence-corrected chi connectivity index (χ3v) is 28.3. The van der Waals surface area contributed by atoms with Crippen molar-refractivity contribution < 1.29 is 167 Å². The number of nitrogens with zero attached hydrogens (tertiary/aromatic N) is 9. The minimum absolute atomic E-state index is 0. The fraction of sp³-hybridized carbons (Fsp3) is 0.660. The first kappa shape index (κ1) is 109. The standard InChI is InChI=1S/C33H42F3N4O5.C32H40F3N4O5.C32H39F3N3O5.3V/c1-19-25(18-41)40-17-26(19)44-28-23(37-22-14-13-21(33(34,35)36)16-24(22)38-28)12-8-6-7-10-20-11-9-15-32(20,5)45-30(43)39-27(29(40)42)31(2,3)4;1-18-24(17-40)39-16-26(18)43-28-22(36-21-14-13-20(32(33,34)35)15-23(21)37-28)11-7-5-6-9-19-10-8-12-25(19)44-30(42)38-27(29(39)41)31(2,3)4;1-18-25(17-39)38-16-26(18)42-28-23(36-22-12-11-19(32(33,34)35)13-24(22)37-28)10-8-6-7-9-20-15-31(20,5)43-27(40)14-21(29(38)41)30(2,3)4;;;/h13-14,16,19-20,25-27H,6-12,15,17H2,1-5H3,(H,39,43);13-15,18-19,24-27H,5-12,16H2,1-4H3,(H,38,42);11-13,18,20-21,25-26H,6-10,14-16H2,1-5H3;;;/q3*-1;;;/t19-,20+,25+,26-,27+,32+;18-,19+,24+,25+,26-,27+;18-,20+,21+,25+,26-,31+;;;/m000.../s1. The first-order valence-corrected chi connectivity index (χ1v) is 46.3. The Labute approximate surface area is 817 Å². The Balaban J connectivity index is 0.000000207. The average molecular weight is 2000 g/mol. The Morgan fingerprint density at radius 1 is 0.393 bits per heavy atom. The van der Waals surface area contributed by atoms with Crippen LogP contribution >= 0.6 is 0 Å². The summed E-state index contributed by atoms with van der Waals surface area (Å²) in [6.45, 7) is 25.7. The number of rotatable bonds is 3. The molecule has 6 bridgehead atoms. The second-order valence-electron chi connectivity index (χ2n) is 41.2. The van der Waals surface area contributed by atoms with Crippen LogP contribution in [0.4, 0.5) is 49.1 Å². The number of hydrogen-bond acceptors (Lipinski definition) is 21. The number of hydrogen-bond donors (Lipinski definition) is 2. The monoisotopic (exact) mass is 2000 g/mol. The maximum absolute atomic E-state index is 14.0. The number of carbonyl (C=O) groups excluding carboxylic acids is 9. The van der Waals surface area contributed by atoms with Crippen LogP contribution in [-0.2, 0) is 141 Å². The molecule has 3 saturated heterocycles. The predicted molar refractivity (Wildman–Crippen MR) is 467 cm³/mol. The molecule has 3 saturated carbocycles. The van der Waals surface area contributed by atoms with Gasteiger partial charge >= 0.3 is 36.7 Å². The molecule has 3 radical (unpaired) electrons. The van der Waals surface area contributed by atoms with E-state index in [1.54, 1.807) is 20.8 Å². The number of carbonyl (C=O) groups is 6. The van der Waals surface area contributed by atoms with Crippen molar-refractivity contribution in [2.45, 2.75) is 329 Å². The van der Waals surface area contributed by atoms with Crippen molar-refractivity contribution in [2.24, 2.45) is 57.7 Å². The number of aromatic nitrogens is 6. The maximum Gasteiger partial charge on any atom is 0.416 e. The molecule has 6 fully saturated rings. The van der Waals surface area contributed by atoms with Crippen molar-refractivity contribution in [3.63, 3.8) is 0 Å². The van der Waals surface area contributed by atoms with E-state index in [4.69, 9.17) is 28.4 Å². The van der Waals surface area contributed by atoms with E-state index in [0.29, 0.717) is 52.9 Å². The van der Waals surface area contributed by atoms with Crippen LogP contribution in [0.5, 0.6) is 17.6 Å². The summed E-state index contributed by atoms with van der Waals surface area (Å²) in [6, 6.07) is 4.88. The van der Waals surface area contributed by atoms with E-state index in [1.807, 2.05) is 95.0 Å². The molecule has 135 heavy (non-hydrogen) atoms. The van der Waals surface area contributed by atoms with Gasteiger partial charge in [-0.1, -0.05) is 140 Å². The van der Waals surface area contributed by atoms with E-state index in [1.165, 1.54) is 32.9 Å². The average Bonchev–Trinajstić information content (AvgIpc) is 1.62. The van der Waals surface area contributed by atoms with Crippen LogP contribution in [0.2, 0.25) is 0 Å². The molecule has 3 aromatic heterocycles. The summed E-state index contributed by atoms with van der Waals surface area (Å²) in [5.41, 5.74) is -3.10. The van der Waals surface area contributed by atoms with Gasteiger partial charge < -0.3 is 68.1 Å². The van der Waals surface area contributed by atoms with Crippen LogP contribution in [0.1, 0.15) is 259 Å². The second kappa shape index (κ2) is 43.6. The molecule has 26 nitrogen and oxygen atoms in total. The van der Waals surface area contributed by atoms with Crippen LogP contribution in [0.3, 0.4) is 0 Å². The van der Waals surface area contributed by atoms with Gasteiger partial charge in [-0.05, 0) is 217 Å². The normalized spacial score (nSPS) is 29.5. The van der Waals surface area contributed by atoms with E-state index in [0.717, 1.165) is 158 Å². The molecule has 0 spiro atoms. The van der Waals surface area contributed by atoms with Gasteiger partial charge in [-0.15, -0.1) is 0 Å². The van der Waals surface area contributed by atoms with Gasteiger partial charge in [0.05, 0.1) is 81.8 Å². The summed E-state index contributed by atoms with van der Waals surface area (Å²) in [5.74, 6) is -3.09. The topological polar surface area (TPSA) is 320 Å². The molecule has 3 aromatic carbocycles. The van der Waals surface area contributed by atoms with Crippen molar-refractivity contribution in [1.82, 2.24) is 55.2 Å². The first-order valence-electron chi connectivity index (χ1n) is 46.3. The minimum atomic E-state index is -4.55. The van der Waals surface area contributed by atoms with E-state index in [-0.39, 0.29) is 146 Å². The molecule has 0 unspecified atom stereocenters. The van der Waals surface area contributed by atoms with Gasteiger partial charge in [-0.2, -0.15) is 39.5 Å². The summed E-state index contributed by atoms with van der Waals surface area (Å²) < 4.78 is 158. The van der Waals surface area contributed by atoms with E-state index in [2.05, 4.69) is 40.5 Å². The third-order valence-electron chi connectivity index (χ3n) is 28.3. The third kappa shape index (κ3) is 25.5. The molecule has 9 aliphatic rings. The summed E-state index contributed by atoms with van der Waals surface area (Å²) >= 11 is 0. The van der Waals surface area contributed by atoms with Gasteiger partial charge in [0.15, 0.2) is 0 Å². The molecular weight excluding hydrogens is 1880 g/mol. The Bertz CT molecular complexity index is 5270. The quantitative estimate of drug-likeness (QED) is 0.0719.